The van der Waals surface area contributed by atoms with E-state index in [9.17, 15) is 35.7 Å². The van der Waals surface area contributed by atoms with Crippen LogP contribution in [0.4, 0.5) is 0 Å². The highest BCUT2D eigenvalue weighted by Gasteiger charge is 2.73. The van der Waals surface area contributed by atoms with Crippen LogP contribution in [-0.4, -0.2) is 97.0 Å². The third-order valence-corrected chi connectivity index (χ3v) is 14.4. The van der Waals surface area contributed by atoms with Gasteiger partial charge >= 0.3 is 0 Å². The van der Waals surface area contributed by atoms with Crippen LogP contribution in [0.15, 0.2) is 11.6 Å². The second-order valence-electron chi connectivity index (χ2n) is 17.5. The van der Waals surface area contributed by atoms with Gasteiger partial charge in [-0.1, -0.05) is 46.3 Å². The quantitative estimate of drug-likeness (QED) is 0.164. The molecular formula is C36H62O9. The van der Waals surface area contributed by atoms with Crippen LogP contribution in [0.25, 0.3) is 0 Å². The molecule has 1 aliphatic heterocycles. The molecule has 5 fully saturated rings. The molecule has 5 rings (SSSR count). The van der Waals surface area contributed by atoms with E-state index >= 15 is 0 Å². The van der Waals surface area contributed by atoms with Crippen LogP contribution in [0.3, 0.4) is 0 Å². The number of aliphatic hydroxyl groups excluding tert-OH is 6. The van der Waals surface area contributed by atoms with Crippen molar-refractivity contribution in [3.63, 3.8) is 0 Å². The maximum atomic E-state index is 12.1. The molecule has 0 aromatic rings. The Kier molecular flexibility index (Phi) is 9.56. The number of fused-ring (bicyclic) bond motifs is 5. The van der Waals surface area contributed by atoms with Gasteiger partial charge in [0.25, 0.3) is 0 Å². The Labute approximate surface area is 270 Å². The zero-order chi connectivity index (χ0) is 33.5. The van der Waals surface area contributed by atoms with Gasteiger partial charge in [0.1, 0.15) is 24.4 Å². The summed E-state index contributed by atoms with van der Waals surface area (Å²) in [6, 6.07) is 0. The van der Waals surface area contributed by atoms with Crippen LogP contribution in [0.1, 0.15) is 107 Å². The second-order valence-corrected chi connectivity index (χ2v) is 17.5. The Hall–Kier alpha value is -0.620. The predicted molar refractivity (Wildman–Crippen MR) is 170 cm³/mol. The highest BCUT2D eigenvalue weighted by molar-refractivity contribution is 5.22. The van der Waals surface area contributed by atoms with Gasteiger partial charge in [-0.15, -0.1) is 0 Å². The van der Waals surface area contributed by atoms with Crippen LogP contribution >= 0.6 is 0 Å². The van der Waals surface area contributed by atoms with Gasteiger partial charge in [-0.2, -0.15) is 0 Å². The molecule has 1 saturated heterocycles. The molecule has 0 aromatic carbocycles. The molecule has 0 amide bonds. The van der Waals surface area contributed by atoms with Crippen molar-refractivity contribution in [1.29, 1.82) is 0 Å². The lowest BCUT2D eigenvalue weighted by molar-refractivity contribution is -0.346. The fraction of sp³-hybridized carbons (Fsp3) is 0.944. The highest BCUT2D eigenvalue weighted by Crippen LogP contribution is 2.76. The van der Waals surface area contributed by atoms with E-state index in [4.69, 9.17) is 9.47 Å². The Morgan fingerprint density at radius 2 is 1.60 bits per heavy atom. The van der Waals surface area contributed by atoms with Crippen molar-refractivity contribution in [2.24, 2.45) is 45.3 Å². The summed E-state index contributed by atoms with van der Waals surface area (Å²) in [6.07, 6.45) is -0.603. The van der Waals surface area contributed by atoms with E-state index in [2.05, 4.69) is 54.5 Å². The maximum Gasteiger partial charge on any atom is 0.186 e. The fourth-order valence-corrected chi connectivity index (χ4v) is 11.9. The Balaban J connectivity index is 1.54. The minimum atomic E-state index is -1.54. The molecule has 0 aromatic heterocycles. The Morgan fingerprint density at radius 1 is 0.933 bits per heavy atom. The smallest absolute Gasteiger partial charge is 0.186 e. The van der Waals surface area contributed by atoms with Crippen molar-refractivity contribution >= 4 is 0 Å². The van der Waals surface area contributed by atoms with Crippen LogP contribution < -0.4 is 0 Å². The summed E-state index contributed by atoms with van der Waals surface area (Å²) in [5.74, 6) is -0.186. The third kappa shape index (κ3) is 5.48. The van der Waals surface area contributed by atoms with Crippen molar-refractivity contribution in [1.82, 2.24) is 0 Å². The zero-order valence-corrected chi connectivity index (χ0v) is 28.8. The summed E-state index contributed by atoms with van der Waals surface area (Å²) in [5, 5.41) is 77.2. The number of hydrogen-bond acceptors (Lipinski definition) is 9. The molecule has 9 heteroatoms. The lowest BCUT2D eigenvalue weighted by Crippen LogP contribution is -2.71. The molecule has 1 heterocycles. The van der Waals surface area contributed by atoms with Crippen molar-refractivity contribution in [3.8, 4) is 0 Å². The monoisotopic (exact) mass is 638 g/mol. The normalized spacial score (nSPS) is 52.2. The van der Waals surface area contributed by atoms with E-state index in [0.717, 1.165) is 25.7 Å². The molecule has 0 bridgehead atoms. The first-order valence-electron chi connectivity index (χ1n) is 17.4. The third-order valence-electron chi connectivity index (χ3n) is 14.4. The summed E-state index contributed by atoms with van der Waals surface area (Å²) >= 11 is 0. The van der Waals surface area contributed by atoms with E-state index in [1.165, 1.54) is 5.57 Å². The van der Waals surface area contributed by atoms with Gasteiger partial charge in [-0.05, 0) is 117 Å². The van der Waals surface area contributed by atoms with Crippen LogP contribution in [0.2, 0.25) is 0 Å². The molecule has 45 heavy (non-hydrogen) atoms. The van der Waals surface area contributed by atoms with Crippen molar-refractivity contribution < 1.29 is 45.2 Å². The molecular weight excluding hydrogens is 576 g/mol. The second kappa shape index (κ2) is 12.1. The van der Waals surface area contributed by atoms with Gasteiger partial charge in [0, 0.05) is 0 Å². The van der Waals surface area contributed by atoms with Crippen LogP contribution in [0.5, 0.6) is 0 Å². The van der Waals surface area contributed by atoms with Crippen LogP contribution in [0, 0.1) is 45.3 Å². The Bertz CT molecular complexity index is 1100. The van der Waals surface area contributed by atoms with E-state index in [0.29, 0.717) is 25.7 Å². The SMILES string of the molecule is CC(C)=CCC[C@@](C)(O)C1CC[C@]2(C)C1C(O)CC1[C@@]3(C)CCC(O)C(C)(C)C3C(OC3OC(CO)C(O)C(O)C3O)C[C@]12C. The highest BCUT2D eigenvalue weighted by atomic mass is 16.7. The van der Waals surface area contributed by atoms with Gasteiger partial charge in [0.05, 0.1) is 30.5 Å². The fourth-order valence-electron chi connectivity index (χ4n) is 11.9. The van der Waals surface area contributed by atoms with Gasteiger partial charge in [0.2, 0.25) is 0 Å². The zero-order valence-electron chi connectivity index (χ0n) is 28.8. The van der Waals surface area contributed by atoms with E-state index in [1.807, 2.05) is 6.92 Å². The number of allylic oxidation sites excluding steroid dienone is 2. The first kappa shape index (κ1) is 35.7. The van der Waals surface area contributed by atoms with Gasteiger partial charge in [-0.25, -0.2) is 0 Å². The molecule has 7 N–H and O–H groups in total. The molecule has 4 aliphatic carbocycles. The summed E-state index contributed by atoms with van der Waals surface area (Å²) in [6.45, 7) is 16.6. The number of rotatable bonds is 7. The summed E-state index contributed by atoms with van der Waals surface area (Å²) < 4.78 is 12.6. The van der Waals surface area contributed by atoms with Gasteiger partial charge < -0.3 is 45.2 Å². The topological polar surface area (TPSA) is 160 Å². The average Bonchev–Trinajstić information content (AvgIpc) is 3.33. The van der Waals surface area contributed by atoms with Crippen LogP contribution in [-0.2, 0) is 9.47 Å². The molecule has 260 valence electrons. The number of ether oxygens (including phenoxy) is 2. The number of aliphatic hydroxyl groups is 7. The lowest BCUT2D eigenvalue weighted by atomic mass is 9.34. The lowest BCUT2D eigenvalue weighted by Gasteiger charge is -2.72. The summed E-state index contributed by atoms with van der Waals surface area (Å²) in [5.41, 5.74) is -1.21. The molecule has 5 aliphatic rings. The van der Waals surface area contributed by atoms with E-state index < -0.39 is 66.6 Å². The minimum absolute atomic E-state index is 0.0548. The van der Waals surface area contributed by atoms with Gasteiger partial charge in [0.15, 0.2) is 6.29 Å². The Morgan fingerprint density at radius 3 is 2.22 bits per heavy atom. The van der Waals surface area contributed by atoms with E-state index in [-0.39, 0.29) is 39.9 Å². The number of hydrogen-bond donors (Lipinski definition) is 7. The molecule has 12 unspecified atom stereocenters. The molecule has 0 spiro atoms. The first-order valence-corrected chi connectivity index (χ1v) is 17.4. The van der Waals surface area contributed by atoms with Crippen molar-refractivity contribution in [3.05, 3.63) is 11.6 Å². The molecule has 4 saturated carbocycles. The summed E-state index contributed by atoms with van der Waals surface area (Å²) in [4.78, 5) is 0. The van der Waals surface area contributed by atoms with E-state index in [1.54, 1.807) is 0 Å². The van der Waals surface area contributed by atoms with Gasteiger partial charge in [-0.3, -0.25) is 0 Å². The molecule has 16 atom stereocenters. The van der Waals surface area contributed by atoms with Crippen molar-refractivity contribution in [2.75, 3.05) is 6.61 Å². The maximum absolute atomic E-state index is 12.1. The first-order chi connectivity index (χ1) is 20.8. The predicted octanol–water partition coefficient (Wildman–Crippen LogP) is 3.30. The van der Waals surface area contributed by atoms with Crippen molar-refractivity contribution in [2.45, 2.75) is 161 Å². The average molecular weight is 639 g/mol. The largest absolute Gasteiger partial charge is 0.394 e. The standard InChI is InChI=1S/C36H62O9/c1-19(2)10-9-13-36(8,43)20-11-15-34(6)26(20)21(38)16-24-33(5)14-12-25(39)32(3,4)30(33)22(17-35(24,34)7)44-31-29(42)28(41)27(40)23(18-37)45-31/h10,20-31,37-43H,9,11-18H2,1-8H3/t20?,21?,22?,23?,24?,25?,26?,27?,28?,29?,30?,31?,33-,34-,35-,36-/m1/s1. The minimum Gasteiger partial charge on any atom is -0.394 e. The molecule has 9 nitrogen and oxygen atoms in total. The summed E-state index contributed by atoms with van der Waals surface area (Å²) in [7, 11) is 0. The molecule has 0 radical (unpaired) electrons.